The molecule has 2 aromatic carbocycles. The van der Waals surface area contributed by atoms with Crippen molar-refractivity contribution >= 4 is 11.6 Å². The third-order valence-corrected chi connectivity index (χ3v) is 6.48. The van der Waals surface area contributed by atoms with Gasteiger partial charge in [0.05, 0.1) is 5.41 Å². The van der Waals surface area contributed by atoms with Gasteiger partial charge in [-0.2, -0.15) is 0 Å². The Morgan fingerprint density at radius 3 is 2.20 bits per heavy atom. The number of carbonyl (C=O) groups is 1. The highest BCUT2D eigenvalue weighted by Crippen LogP contribution is 2.50. The summed E-state index contributed by atoms with van der Waals surface area (Å²) in [5.41, 5.74) is 7.77. The first-order chi connectivity index (χ1) is 13.8. The van der Waals surface area contributed by atoms with E-state index < -0.39 is 0 Å². The third kappa shape index (κ3) is 3.99. The number of hydrogen-bond acceptors (Lipinski definition) is 2. The molecular weight excluding hydrogens is 370 g/mol. The molecule has 3 rings (SSSR count). The van der Waals surface area contributed by atoms with Crippen LogP contribution < -0.4 is 10.1 Å². The second kappa shape index (κ2) is 7.76. The predicted octanol–water partition coefficient (Wildman–Crippen LogP) is 6.81. The highest BCUT2D eigenvalue weighted by Gasteiger charge is 2.41. The highest BCUT2D eigenvalue weighted by molar-refractivity contribution is 5.94. The molecule has 162 valence electrons. The van der Waals surface area contributed by atoms with Gasteiger partial charge in [-0.25, -0.2) is 0 Å². The monoisotopic (exact) mass is 407 g/mol. The molecule has 3 nitrogen and oxygen atoms in total. The van der Waals surface area contributed by atoms with E-state index in [1.165, 1.54) is 16.7 Å². The van der Waals surface area contributed by atoms with Crippen molar-refractivity contribution in [1.29, 1.82) is 0 Å². The molecule has 0 aliphatic carbocycles. The Balaban J connectivity index is 2.08. The standard InChI is InChI=1S/C27H37NO2/c1-16(2)20-10-12-21(13-11-20)27(9)15-30-25-18(4)17(3)24(19(5)23(25)27)28-22(29)14-26(6,7)8/h10-13,16H,14-15H2,1-9H3,(H,28,29). The molecule has 3 heteroatoms. The Morgan fingerprint density at radius 2 is 1.67 bits per heavy atom. The van der Waals surface area contributed by atoms with Gasteiger partial charge in [-0.15, -0.1) is 0 Å². The largest absolute Gasteiger partial charge is 0.492 e. The third-order valence-electron chi connectivity index (χ3n) is 6.48. The number of carbonyl (C=O) groups excluding carboxylic acids is 1. The summed E-state index contributed by atoms with van der Waals surface area (Å²) >= 11 is 0. The first kappa shape index (κ1) is 22.4. The summed E-state index contributed by atoms with van der Waals surface area (Å²) < 4.78 is 6.27. The average molecular weight is 408 g/mol. The molecule has 1 atom stereocenters. The topological polar surface area (TPSA) is 38.3 Å². The van der Waals surface area contributed by atoms with E-state index in [0.717, 1.165) is 28.1 Å². The van der Waals surface area contributed by atoms with Crippen LogP contribution in [0.1, 0.15) is 87.3 Å². The number of hydrogen-bond donors (Lipinski definition) is 1. The van der Waals surface area contributed by atoms with Crippen LogP contribution in [0.25, 0.3) is 0 Å². The van der Waals surface area contributed by atoms with E-state index in [9.17, 15) is 4.79 Å². The molecule has 2 aromatic rings. The van der Waals surface area contributed by atoms with E-state index in [0.29, 0.717) is 18.9 Å². The van der Waals surface area contributed by atoms with E-state index in [-0.39, 0.29) is 16.7 Å². The van der Waals surface area contributed by atoms with Crippen LogP contribution in [0.4, 0.5) is 5.69 Å². The summed E-state index contributed by atoms with van der Waals surface area (Å²) in [6, 6.07) is 8.93. The minimum absolute atomic E-state index is 0.0482. The van der Waals surface area contributed by atoms with Crippen LogP contribution in [0.3, 0.4) is 0 Å². The first-order valence-corrected chi connectivity index (χ1v) is 11.0. The first-order valence-electron chi connectivity index (χ1n) is 11.0. The van der Waals surface area contributed by atoms with Gasteiger partial charge in [0.25, 0.3) is 0 Å². The Hall–Kier alpha value is -2.29. The molecule has 0 saturated heterocycles. The van der Waals surface area contributed by atoms with Crippen LogP contribution in [0.15, 0.2) is 24.3 Å². The minimum Gasteiger partial charge on any atom is -0.492 e. The Labute approximate surface area is 182 Å². The van der Waals surface area contributed by atoms with E-state index in [4.69, 9.17) is 4.74 Å². The lowest BCUT2D eigenvalue weighted by Crippen LogP contribution is -2.27. The van der Waals surface area contributed by atoms with Crippen molar-refractivity contribution in [3.63, 3.8) is 0 Å². The fraction of sp³-hybridized carbons (Fsp3) is 0.519. The van der Waals surface area contributed by atoms with Crippen molar-refractivity contribution < 1.29 is 9.53 Å². The summed E-state index contributed by atoms with van der Waals surface area (Å²) in [5, 5.41) is 3.22. The molecule has 1 unspecified atom stereocenters. The molecule has 0 aromatic heterocycles. The van der Waals surface area contributed by atoms with Gasteiger partial charge in [-0.05, 0) is 66.8 Å². The van der Waals surface area contributed by atoms with Crippen molar-refractivity contribution in [2.24, 2.45) is 5.41 Å². The maximum Gasteiger partial charge on any atom is 0.224 e. The van der Waals surface area contributed by atoms with Gasteiger partial charge in [-0.3, -0.25) is 4.79 Å². The molecule has 30 heavy (non-hydrogen) atoms. The zero-order chi connectivity index (χ0) is 22.4. The molecule has 0 spiro atoms. The van der Waals surface area contributed by atoms with Crippen molar-refractivity contribution in [2.45, 2.75) is 80.1 Å². The Morgan fingerprint density at radius 1 is 1.07 bits per heavy atom. The van der Waals surface area contributed by atoms with E-state index in [1.807, 2.05) is 0 Å². The Bertz CT molecular complexity index is 964. The fourth-order valence-electron chi connectivity index (χ4n) is 4.57. The van der Waals surface area contributed by atoms with Crippen LogP contribution in [0.2, 0.25) is 0 Å². The van der Waals surface area contributed by atoms with Gasteiger partial charge in [0, 0.05) is 17.7 Å². The summed E-state index contributed by atoms with van der Waals surface area (Å²) in [7, 11) is 0. The number of ether oxygens (including phenoxy) is 1. The van der Waals surface area contributed by atoms with Gasteiger partial charge < -0.3 is 10.1 Å². The molecule has 1 heterocycles. The molecule has 1 amide bonds. The Kier molecular flexibility index (Phi) is 5.79. The summed E-state index contributed by atoms with van der Waals surface area (Å²) in [5.74, 6) is 1.56. The van der Waals surface area contributed by atoms with Crippen LogP contribution in [-0.2, 0) is 10.2 Å². The summed E-state index contributed by atoms with van der Waals surface area (Å²) in [6.07, 6.45) is 0.493. The lowest BCUT2D eigenvalue weighted by molar-refractivity contribution is -0.117. The molecule has 0 fully saturated rings. The maximum atomic E-state index is 12.7. The molecule has 1 aliphatic rings. The maximum absolute atomic E-state index is 12.7. The van der Waals surface area contributed by atoms with E-state index in [1.54, 1.807) is 0 Å². The van der Waals surface area contributed by atoms with Crippen molar-refractivity contribution in [3.8, 4) is 5.75 Å². The molecule has 0 saturated carbocycles. The lowest BCUT2D eigenvalue weighted by atomic mass is 9.74. The number of nitrogens with one attached hydrogen (secondary N) is 1. The molecule has 1 aliphatic heterocycles. The van der Waals surface area contributed by atoms with Crippen LogP contribution in [-0.4, -0.2) is 12.5 Å². The van der Waals surface area contributed by atoms with E-state index >= 15 is 0 Å². The van der Waals surface area contributed by atoms with Gasteiger partial charge in [-0.1, -0.05) is 58.9 Å². The average Bonchev–Trinajstić information content (AvgIpc) is 3.01. The van der Waals surface area contributed by atoms with Gasteiger partial charge >= 0.3 is 0 Å². The fourth-order valence-corrected chi connectivity index (χ4v) is 4.57. The predicted molar refractivity (Wildman–Crippen MR) is 126 cm³/mol. The summed E-state index contributed by atoms with van der Waals surface area (Å²) in [6.45, 7) is 19.9. The molecule has 1 N–H and O–H groups in total. The number of rotatable bonds is 4. The smallest absolute Gasteiger partial charge is 0.224 e. The van der Waals surface area contributed by atoms with Crippen molar-refractivity contribution in [3.05, 3.63) is 57.6 Å². The quantitative estimate of drug-likeness (QED) is 0.604. The second-order valence-electron chi connectivity index (χ2n) is 10.6. The molecule has 0 radical (unpaired) electrons. The van der Waals surface area contributed by atoms with E-state index in [2.05, 4.69) is 91.9 Å². The zero-order valence-electron chi connectivity index (χ0n) is 20.1. The van der Waals surface area contributed by atoms with Crippen molar-refractivity contribution in [2.75, 3.05) is 11.9 Å². The number of amides is 1. The van der Waals surface area contributed by atoms with Crippen molar-refractivity contribution in [1.82, 2.24) is 0 Å². The second-order valence-corrected chi connectivity index (χ2v) is 10.6. The lowest BCUT2D eigenvalue weighted by Gasteiger charge is -2.28. The van der Waals surface area contributed by atoms with Gasteiger partial charge in [0.1, 0.15) is 12.4 Å². The molecule has 0 bridgehead atoms. The normalized spacial score (nSPS) is 18.3. The zero-order valence-corrected chi connectivity index (χ0v) is 20.1. The SMILES string of the molecule is Cc1c(C)c2c(c(C)c1NC(=O)CC(C)(C)C)C(C)(c1ccc(C(C)C)cc1)CO2. The van der Waals surface area contributed by atoms with Gasteiger partial charge in [0.2, 0.25) is 5.91 Å². The number of fused-ring (bicyclic) bond motifs is 1. The minimum atomic E-state index is -0.239. The molecular formula is C27H37NO2. The number of benzene rings is 2. The van der Waals surface area contributed by atoms with Crippen LogP contribution >= 0.6 is 0 Å². The van der Waals surface area contributed by atoms with Crippen LogP contribution in [0, 0.1) is 26.2 Å². The highest BCUT2D eigenvalue weighted by atomic mass is 16.5. The van der Waals surface area contributed by atoms with Gasteiger partial charge in [0.15, 0.2) is 0 Å². The summed E-state index contributed by atoms with van der Waals surface area (Å²) in [4.78, 5) is 12.7. The van der Waals surface area contributed by atoms with Crippen LogP contribution in [0.5, 0.6) is 5.75 Å². The number of anilines is 1.